The Bertz CT molecular complexity index is 784. The molecule has 0 aliphatic rings. The van der Waals surface area contributed by atoms with E-state index < -0.39 is 0 Å². The second-order valence-corrected chi connectivity index (χ2v) is 5.93. The Hall–Kier alpha value is -2.42. The van der Waals surface area contributed by atoms with Gasteiger partial charge < -0.3 is 10.4 Å². The Balaban J connectivity index is 1.82. The summed E-state index contributed by atoms with van der Waals surface area (Å²) in [5, 5.41) is 12.2. The zero-order valence-corrected chi connectivity index (χ0v) is 12.7. The predicted molar refractivity (Wildman–Crippen MR) is 78.9 cm³/mol. The van der Waals surface area contributed by atoms with E-state index in [4.69, 9.17) is 10.4 Å². The third-order valence-corrected chi connectivity index (χ3v) is 3.98. The molecule has 22 heavy (non-hydrogen) atoms. The largest absolute Gasteiger partial charge is 0.338 e. The van der Waals surface area contributed by atoms with Gasteiger partial charge in [-0.2, -0.15) is 4.98 Å². The van der Waals surface area contributed by atoms with Crippen LogP contribution in [0.2, 0.25) is 0 Å². The Morgan fingerprint density at radius 3 is 2.64 bits per heavy atom. The lowest BCUT2D eigenvalue weighted by Gasteiger charge is -2.06. The van der Waals surface area contributed by atoms with Crippen LogP contribution in [-0.2, 0) is 0 Å². The van der Waals surface area contributed by atoms with Crippen molar-refractivity contribution in [2.75, 3.05) is 5.84 Å². The van der Waals surface area contributed by atoms with Crippen LogP contribution in [-0.4, -0.2) is 25.0 Å². The monoisotopic (exact) mass is 320 g/mol. The molecular formula is C13H13FN6OS. The number of aromatic nitrogens is 5. The molecule has 7 nitrogen and oxygen atoms in total. The maximum absolute atomic E-state index is 13.0. The smallest absolute Gasteiger partial charge is 0.239 e. The van der Waals surface area contributed by atoms with E-state index in [9.17, 15) is 4.39 Å². The highest BCUT2D eigenvalue weighted by Gasteiger charge is 2.19. The predicted octanol–water partition coefficient (Wildman–Crippen LogP) is 2.34. The van der Waals surface area contributed by atoms with Gasteiger partial charge in [-0.05, 0) is 38.1 Å². The highest BCUT2D eigenvalue weighted by atomic mass is 32.2. The molecule has 1 aromatic carbocycles. The van der Waals surface area contributed by atoms with Crippen molar-refractivity contribution in [1.82, 2.24) is 25.0 Å². The first-order chi connectivity index (χ1) is 10.5. The summed E-state index contributed by atoms with van der Waals surface area (Å²) >= 11 is 1.35. The summed E-state index contributed by atoms with van der Waals surface area (Å²) in [6.07, 6.45) is 0. The number of halogens is 1. The van der Waals surface area contributed by atoms with E-state index in [0.717, 1.165) is 0 Å². The van der Waals surface area contributed by atoms with Crippen LogP contribution < -0.4 is 5.84 Å². The minimum absolute atomic E-state index is 0.117. The highest BCUT2D eigenvalue weighted by molar-refractivity contribution is 7.99. The van der Waals surface area contributed by atoms with Gasteiger partial charge in [0.15, 0.2) is 11.6 Å². The van der Waals surface area contributed by atoms with Crippen molar-refractivity contribution in [2.45, 2.75) is 24.3 Å². The fourth-order valence-corrected chi connectivity index (χ4v) is 2.64. The van der Waals surface area contributed by atoms with Gasteiger partial charge in [0.05, 0.1) is 5.25 Å². The molecule has 3 rings (SSSR count). The molecule has 0 radical (unpaired) electrons. The van der Waals surface area contributed by atoms with Gasteiger partial charge in [0.2, 0.25) is 11.0 Å². The molecule has 9 heteroatoms. The summed E-state index contributed by atoms with van der Waals surface area (Å²) in [5.41, 5.74) is 0.685. The van der Waals surface area contributed by atoms with E-state index in [1.54, 1.807) is 19.1 Å². The van der Waals surface area contributed by atoms with Crippen LogP contribution in [0.25, 0.3) is 11.4 Å². The molecule has 2 aromatic heterocycles. The molecule has 0 aliphatic heterocycles. The number of rotatable bonds is 4. The summed E-state index contributed by atoms with van der Waals surface area (Å²) in [6, 6.07) is 5.89. The van der Waals surface area contributed by atoms with Crippen LogP contribution >= 0.6 is 11.8 Å². The van der Waals surface area contributed by atoms with E-state index in [2.05, 4.69) is 20.3 Å². The topological polar surface area (TPSA) is 95.7 Å². The highest BCUT2D eigenvalue weighted by Crippen LogP contribution is 2.33. The van der Waals surface area contributed by atoms with Gasteiger partial charge in [-0.25, -0.2) is 9.07 Å². The van der Waals surface area contributed by atoms with Crippen molar-refractivity contribution < 1.29 is 8.91 Å². The molecule has 1 atom stereocenters. The normalized spacial score (nSPS) is 12.5. The summed E-state index contributed by atoms with van der Waals surface area (Å²) in [4.78, 5) is 4.17. The fourth-order valence-electron chi connectivity index (χ4n) is 1.84. The van der Waals surface area contributed by atoms with Gasteiger partial charge in [0.1, 0.15) is 5.82 Å². The average molecular weight is 320 g/mol. The van der Waals surface area contributed by atoms with Crippen molar-refractivity contribution in [3.05, 3.63) is 41.8 Å². The van der Waals surface area contributed by atoms with Gasteiger partial charge in [-0.15, -0.1) is 10.2 Å². The molecule has 0 fully saturated rings. The zero-order chi connectivity index (χ0) is 15.7. The zero-order valence-electron chi connectivity index (χ0n) is 11.9. The minimum atomic E-state index is -0.318. The van der Waals surface area contributed by atoms with E-state index >= 15 is 0 Å². The number of thioether (sulfide) groups is 1. The molecule has 0 amide bonds. The third kappa shape index (κ3) is 2.80. The van der Waals surface area contributed by atoms with Crippen molar-refractivity contribution in [3.63, 3.8) is 0 Å². The number of nitrogens with two attached hydrogens (primary N) is 1. The standard InChI is InChI=1S/C13H13FN6OS/c1-7(12-16-8(2)19-21-12)22-13-18-17-11(20(13)15)9-3-5-10(14)6-4-9/h3-7H,15H2,1-2H3. The number of aryl methyl sites for hydroxylation is 1. The van der Waals surface area contributed by atoms with Gasteiger partial charge in [0, 0.05) is 5.56 Å². The number of nitrogens with zero attached hydrogens (tertiary/aromatic N) is 5. The van der Waals surface area contributed by atoms with Crippen LogP contribution in [0.1, 0.15) is 23.9 Å². The molecule has 0 aliphatic carbocycles. The lowest BCUT2D eigenvalue weighted by Crippen LogP contribution is -2.12. The molecule has 2 heterocycles. The molecule has 1 unspecified atom stereocenters. The third-order valence-electron chi connectivity index (χ3n) is 2.94. The summed E-state index contributed by atoms with van der Waals surface area (Å²) in [7, 11) is 0. The first kappa shape index (κ1) is 14.5. The molecule has 3 aromatic rings. The van der Waals surface area contributed by atoms with Gasteiger partial charge in [0.25, 0.3) is 0 Å². The molecular weight excluding hydrogens is 307 g/mol. The van der Waals surface area contributed by atoms with Crippen molar-refractivity contribution in [3.8, 4) is 11.4 Å². The second kappa shape index (κ2) is 5.76. The quantitative estimate of drug-likeness (QED) is 0.582. The van der Waals surface area contributed by atoms with E-state index in [0.29, 0.717) is 28.3 Å². The van der Waals surface area contributed by atoms with Crippen LogP contribution in [0.4, 0.5) is 4.39 Å². The van der Waals surface area contributed by atoms with E-state index in [-0.39, 0.29) is 11.1 Å². The number of benzene rings is 1. The first-order valence-corrected chi connectivity index (χ1v) is 7.36. The van der Waals surface area contributed by atoms with Gasteiger partial charge in [-0.3, -0.25) is 0 Å². The van der Waals surface area contributed by atoms with Crippen LogP contribution in [0.3, 0.4) is 0 Å². The Labute approximate surface area is 129 Å². The van der Waals surface area contributed by atoms with Crippen LogP contribution in [0.15, 0.2) is 33.9 Å². The second-order valence-electron chi connectivity index (χ2n) is 4.62. The molecule has 2 N–H and O–H groups in total. The van der Waals surface area contributed by atoms with Gasteiger partial charge in [-0.1, -0.05) is 16.9 Å². The minimum Gasteiger partial charge on any atom is -0.338 e. The maximum atomic E-state index is 13.0. The maximum Gasteiger partial charge on any atom is 0.239 e. The van der Waals surface area contributed by atoms with Crippen LogP contribution in [0, 0.1) is 12.7 Å². The number of hydrogen-bond donors (Lipinski definition) is 1. The van der Waals surface area contributed by atoms with Crippen molar-refractivity contribution >= 4 is 11.8 Å². The van der Waals surface area contributed by atoms with Gasteiger partial charge >= 0.3 is 0 Å². The van der Waals surface area contributed by atoms with Crippen molar-refractivity contribution in [2.24, 2.45) is 0 Å². The Morgan fingerprint density at radius 2 is 2.00 bits per heavy atom. The average Bonchev–Trinajstić information content (AvgIpc) is 3.08. The Kier molecular flexibility index (Phi) is 3.80. The van der Waals surface area contributed by atoms with E-state index in [1.807, 2.05) is 6.92 Å². The molecule has 0 saturated carbocycles. The number of nitrogen functional groups attached to an aromatic ring is 1. The first-order valence-electron chi connectivity index (χ1n) is 6.48. The Morgan fingerprint density at radius 1 is 1.27 bits per heavy atom. The SMILES string of the molecule is Cc1noc(C(C)Sc2nnc(-c3ccc(F)cc3)n2N)n1. The van der Waals surface area contributed by atoms with Crippen molar-refractivity contribution in [1.29, 1.82) is 0 Å². The van der Waals surface area contributed by atoms with Crippen LogP contribution in [0.5, 0.6) is 0 Å². The fraction of sp³-hybridized carbons (Fsp3) is 0.231. The van der Waals surface area contributed by atoms with E-state index in [1.165, 1.54) is 28.6 Å². The molecule has 114 valence electrons. The lowest BCUT2D eigenvalue weighted by atomic mass is 10.2. The molecule has 0 bridgehead atoms. The summed E-state index contributed by atoms with van der Waals surface area (Å²) in [6.45, 7) is 3.66. The lowest BCUT2D eigenvalue weighted by molar-refractivity contribution is 0.376. The summed E-state index contributed by atoms with van der Waals surface area (Å²) < 4.78 is 19.4. The summed E-state index contributed by atoms with van der Waals surface area (Å²) in [5.74, 6) is 7.22. The molecule has 0 saturated heterocycles. The molecule has 0 spiro atoms. The number of hydrogen-bond acceptors (Lipinski definition) is 7.